The van der Waals surface area contributed by atoms with Crippen LogP contribution in [0.5, 0.6) is 0 Å². The van der Waals surface area contributed by atoms with Crippen molar-refractivity contribution >= 4 is 36.6 Å². The Balaban J connectivity index is 2.24. The molecule has 2 N–H and O–H groups in total. The van der Waals surface area contributed by atoms with Gasteiger partial charge in [-0.2, -0.15) is 25.3 Å². The lowest BCUT2D eigenvalue weighted by atomic mass is 10.0. The second-order valence-corrected chi connectivity index (χ2v) is 6.76. The van der Waals surface area contributed by atoms with Crippen molar-refractivity contribution in [2.45, 2.75) is 6.54 Å². The predicted octanol–water partition coefficient (Wildman–Crippen LogP) is 3.78. The van der Waals surface area contributed by atoms with Crippen molar-refractivity contribution in [3.8, 4) is 11.1 Å². The van der Waals surface area contributed by atoms with Crippen molar-refractivity contribution in [3.05, 3.63) is 48.0 Å². The maximum Gasteiger partial charge on any atom is 0.0386 e. The van der Waals surface area contributed by atoms with Gasteiger partial charge in [0.15, 0.2) is 0 Å². The maximum absolute atomic E-state index is 4.28. The largest absolute Gasteiger partial charge is 0.384 e. The minimum absolute atomic E-state index is 0.817. The summed E-state index contributed by atoms with van der Waals surface area (Å²) in [5, 5.41) is 6.88. The summed E-state index contributed by atoms with van der Waals surface area (Å²) in [5.74, 6) is 1.66. The summed E-state index contributed by atoms with van der Waals surface area (Å²) in [5.41, 5.74) is 6.12. The van der Waals surface area contributed by atoms with Gasteiger partial charge in [-0.1, -0.05) is 18.2 Å². The second kappa shape index (κ2) is 9.87. The Morgan fingerprint density at radius 3 is 2.17 bits per heavy atom. The number of hydrogen-bond donors (Lipinski definition) is 4. The van der Waals surface area contributed by atoms with Gasteiger partial charge in [0, 0.05) is 56.6 Å². The fourth-order valence-electron chi connectivity index (χ4n) is 2.54. The molecule has 24 heavy (non-hydrogen) atoms. The zero-order chi connectivity index (χ0) is 17.4. The normalized spacial score (nSPS) is 10.7. The molecule has 0 spiro atoms. The van der Waals surface area contributed by atoms with Crippen molar-refractivity contribution < 1.29 is 0 Å². The highest BCUT2D eigenvalue weighted by Crippen LogP contribution is 2.27. The van der Waals surface area contributed by atoms with E-state index in [4.69, 9.17) is 0 Å². The molecular weight excluding hydrogens is 334 g/mol. The Hall–Kier alpha value is -1.30. The van der Waals surface area contributed by atoms with Gasteiger partial charge in [0.25, 0.3) is 0 Å². The van der Waals surface area contributed by atoms with E-state index in [1.807, 2.05) is 0 Å². The molecule has 2 aromatic rings. The zero-order valence-corrected chi connectivity index (χ0v) is 16.2. The molecular formula is C19H27N3S2. The van der Waals surface area contributed by atoms with Crippen LogP contribution in [0.15, 0.2) is 42.5 Å². The molecule has 0 amide bonds. The summed E-state index contributed by atoms with van der Waals surface area (Å²) in [6.07, 6.45) is 0. The molecule has 130 valence electrons. The van der Waals surface area contributed by atoms with Crippen molar-refractivity contribution in [2.24, 2.45) is 0 Å². The minimum Gasteiger partial charge on any atom is -0.384 e. The van der Waals surface area contributed by atoms with E-state index in [0.29, 0.717) is 0 Å². The Morgan fingerprint density at radius 1 is 0.875 bits per heavy atom. The number of benzene rings is 2. The standard InChI is InChI=1S/C19H27N3S2/c1-22(2)18-6-3-15(4-7-18)16-5-8-19(21-10-12-24)17(13-16)14-20-9-11-23/h3-8,13,20-21,23-24H,9-12,14H2,1-2H3. The molecule has 0 radical (unpaired) electrons. The molecule has 5 heteroatoms. The summed E-state index contributed by atoms with van der Waals surface area (Å²) in [6, 6.07) is 15.3. The first-order valence-electron chi connectivity index (χ1n) is 8.22. The summed E-state index contributed by atoms with van der Waals surface area (Å²) in [6.45, 7) is 2.59. The van der Waals surface area contributed by atoms with Crippen LogP contribution in [0.25, 0.3) is 11.1 Å². The molecule has 0 aliphatic carbocycles. The van der Waals surface area contributed by atoms with Crippen molar-refractivity contribution in [1.29, 1.82) is 0 Å². The van der Waals surface area contributed by atoms with E-state index in [1.165, 1.54) is 28.1 Å². The zero-order valence-electron chi connectivity index (χ0n) is 14.4. The Bertz CT molecular complexity index is 627. The van der Waals surface area contributed by atoms with Gasteiger partial charge in [-0.15, -0.1) is 0 Å². The van der Waals surface area contributed by atoms with Crippen LogP contribution in [0.4, 0.5) is 11.4 Å². The average molecular weight is 362 g/mol. The molecule has 0 aliphatic heterocycles. The average Bonchev–Trinajstić information content (AvgIpc) is 2.61. The molecule has 0 bridgehead atoms. The topological polar surface area (TPSA) is 27.3 Å². The summed E-state index contributed by atoms with van der Waals surface area (Å²) < 4.78 is 0. The molecule has 2 aromatic carbocycles. The van der Waals surface area contributed by atoms with E-state index in [0.717, 1.165) is 31.1 Å². The number of hydrogen-bond acceptors (Lipinski definition) is 5. The highest BCUT2D eigenvalue weighted by Gasteiger charge is 2.06. The highest BCUT2D eigenvalue weighted by molar-refractivity contribution is 7.80. The lowest BCUT2D eigenvalue weighted by molar-refractivity contribution is 0.734. The van der Waals surface area contributed by atoms with Crippen LogP contribution in [-0.4, -0.2) is 38.7 Å². The molecule has 2 rings (SSSR count). The maximum atomic E-state index is 4.28. The van der Waals surface area contributed by atoms with Crippen LogP contribution in [0.1, 0.15) is 5.56 Å². The third kappa shape index (κ3) is 5.36. The molecule has 0 fully saturated rings. The molecule has 0 heterocycles. The van der Waals surface area contributed by atoms with Gasteiger partial charge in [-0.3, -0.25) is 0 Å². The van der Waals surface area contributed by atoms with Crippen LogP contribution in [0.2, 0.25) is 0 Å². The van der Waals surface area contributed by atoms with Crippen molar-refractivity contribution in [2.75, 3.05) is 48.9 Å². The molecule has 0 aromatic heterocycles. The first-order valence-corrected chi connectivity index (χ1v) is 9.49. The molecule has 0 atom stereocenters. The third-order valence-corrected chi connectivity index (χ3v) is 4.30. The first-order chi connectivity index (χ1) is 11.7. The van der Waals surface area contributed by atoms with Gasteiger partial charge in [-0.05, 0) is 41.0 Å². The van der Waals surface area contributed by atoms with Crippen molar-refractivity contribution in [1.82, 2.24) is 5.32 Å². The van der Waals surface area contributed by atoms with Gasteiger partial charge in [0.05, 0.1) is 0 Å². The smallest absolute Gasteiger partial charge is 0.0386 e. The van der Waals surface area contributed by atoms with Crippen LogP contribution in [0.3, 0.4) is 0 Å². The molecule has 0 saturated carbocycles. The summed E-state index contributed by atoms with van der Waals surface area (Å²) in [4.78, 5) is 2.11. The van der Waals surface area contributed by atoms with E-state index in [9.17, 15) is 0 Å². The van der Waals surface area contributed by atoms with Gasteiger partial charge < -0.3 is 15.5 Å². The van der Waals surface area contributed by atoms with Gasteiger partial charge in [-0.25, -0.2) is 0 Å². The van der Waals surface area contributed by atoms with E-state index in [-0.39, 0.29) is 0 Å². The van der Waals surface area contributed by atoms with Crippen LogP contribution < -0.4 is 15.5 Å². The lowest BCUT2D eigenvalue weighted by Gasteiger charge is -2.15. The van der Waals surface area contributed by atoms with Crippen LogP contribution in [0, 0.1) is 0 Å². The van der Waals surface area contributed by atoms with E-state index in [2.05, 4.69) is 97.4 Å². The van der Waals surface area contributed by atoms with Gasteiger partial charge in [0.2, 0.25) is 0 Å². The lowest BCUT2D eigenvalue weighted by Crippen LogP contribution is -2.17. The molecule has 0 saturated heterocycles. The number of thiol groups is 2. The monoisotopic (exact) mass is 361 g/mol. The summed E-state index contributed by atoms with van der Waals surface area (Å²) in [7, 11) is 4.12. The Morgan fingerprint density at radius 2 is 1.54 bits per heavy atom. The fraction of sp³-hybridized carbons (Fsp3) is 0.368. The number of rotatable bonds is 9. The number of nitrogens with zero attached hydrogens (tertiary/aromatic N) is 1. The highest BCUT2D eigenvalue weighted by atomic mass is 32.1. The van der Waals surface area contributed by atoms with E-state index < -0.39 is 0 Å². The minimum atomic E-state index is 0.817. The Labute approximate surface area is 156 Å². The second-order valence-electron chi connectivity index (χ2n) is 5.86. The third-order valence-electron chi connectivity index (χ3n) is 3.85. The van der Waals surface area contributed by atoms with E-state index >= 15 is 0 Å². The predicted molar refractivity (Wildman–Crippen MR) is 114 cm³/mol. The van der Waals surface area contributed by atoms with Crippen LogP contribution in [-0.2, 0) is 6.54 Å². The molecule has 0 aliphatic rings. The van der Waals surface area contributed by atoms with E-state index in [1.54, 1.807) is 0 Å². The SMILES string of the molecule is CN(C)c1ccc(-c2ccc(NCCS)c(CNCCS)c2)cc1. The number of anilines is 2. The first kappa shape index (κ1) is 19.0. The molecule has 3 nitrogen and oxygen atoms in total. The summed E-state index contributed by atoms with van der Waals surface area (Å²) >= 11 is 8.54. The van der Waals surface area contributed by atoms with Gasteiger partial charge >= 0.3 is 0 Å². The van der Waals surface area contributed by atoms with Crippen molar-refractivity contribution in [3.63, 3.8) is 0 Å². The number of nitrogens with one attached hydrogen (secondary N) is 2. The van der Waals surface area contributed by atoms with Crippen LogP contribution >= 0.6 is 25.3 Å². The van der Waals surface area contributed by atoms with Gasteiger partial charge in [0.1, 0.15) is 0 Å². The Kier molecular flexibility index (Phi) is 7.82. The molecule has 0 unspecified atom stereocenters. The fourth-order valence-corrected chi connectivity index (χ4v) is 2.81. The quantitative estimate of drug-likeness (QED) is 0.404.